The molecule has 0 radical (unpaired) electrons. The van der Waals surface area contributed by atoms with E-state index in [1.165, 1.54) is 29.2 Å². The van der Waals surface area contributed by atoms with Crippen molar-refractivity contribution in [2.24, 2.45) is 0 Å². The number of fused-ring (bicyclic) bond motifs is 2. The molecule has 0 bridgehead atoms. The molecule has 0 aliphatic heterocycles. The van der Waals surface area contributed by atoms with Gasteiger partial charge in [-0.25, -0.2) is 14.5 Å². The van der Waals surface area contributed by atoms with E-state index in [4.69, 9.17) is 21.4 Å². The summed E-state index contributed by atoms with van der Waals surface area (Å²) in [6.07, 6.45) is 5.13. The van der Waals surface area contributed by atoms with Gasteiger partial charge in [-0.3, -0.25) is 9.78 Å². The summed E-state index contributed by atoms with van der Waals surface area (Å²) in [4.78, 5) is 28.2. The Morgan fingerprint density at radius 2 is 2.03 bits per heavy atom. The third-order valence-corrected chi connectivity index (χ3v) is 6.32. The van der Waals surface area contributed by atoms with Crippen LogP contribution in [0.15, 0.2) is 58.1 Å². The Balaban J connectivity index is 1.63. The second-order valence-electron chi connectivity index (χ2n) is 7.13. The van der Waals surface area contributed by atoms with Crippen LogP contribution in [0.25, 0.3) is 26.4 Å². The zero-order chi connectivity index (χ0) is 22.4. The van der Waals surface area contributed by atoms with Crippen LogP contribution >= 0.6 is 23.6 Å². The van der Waals surface area contributed by atoms with Gasteiger partial charge in [-0.1, -0.05) is 11.3 Å². The summed E-state index contributed by atoms with van der Waals surface area (Å²) >= 11 is 6.72. The van der Waals surface area contributed by atoms with E-state index in [9.17, 15) is 4.79 Å². The molecule has 0 amide bonds. The van der Waals surface area contributed by atoms with Gasteiger partial charge in [0.2, 0.25) is 10.7 Å². The van der Waals surface area contributed by atoms with Crippen molar-refractivity contribution in [3.05, 3.63) is 69.7 Å². The maximum atomic E-state index is 13.2. The molecule has 0 aliphatic carbocycles. The number of methoxy groups -OCH3 is 1. The van der Waals surface area contributed by atoms with Crippen molar-refractivity contribution in [3.63, 3.8) is 0 Å². The van der Waals surface area contributed by atoms with Crippen LogP contribution in [0.5, 0.6) is 5.75 Å². The molecule has 4 heterocycles. The van der Waals surface area contributed by atoms with Crippen LogP contribution < -0.4 is 15.2 Å². The quantitative estimate of drug-likeness (QED) is 0.352. The van der Waals surface area contributed by atoms with Crippen LogP contribution in [0.4, 0.5) is 11.4 Å². The summed E-state index contributed by atoms with van der Waals surface area (Å²) in [5.41, 5.74) is 3.73. The lowest BCUT2D eigenvalue weighted by Gasteiger charge is -2.19. The minimum Gasteiger partial charge on any atom is -0.493 e. The van der Waals surface area contributed by atoms with Crippen molar-refractivity contribution in [2.75, 3.05) is 19.1 Å². The van der Waals surface area contributed by atoms with E-state index < -0.39 is 5.56 Å². The second kappa shape index (κ2) is 7.81. The van der Waals surface area contributed by atoms with E-state index in [1.807, 2.05) is 49.5 Å². The summed E-state index contributed by atoms with van der Waals surface area (Å²) < 4.78 is 13.2. The average molecular weight is 464 g/mol. The van der Waals surface area contributed by atoms with Gasteiger partial charge < -0.3 is 14.1 Å². The standard InChI is InChI=1S/C22H17N5O3S2/c1-12-8-14(11-23-10-12)26(2)13-4-5-15-17(9-13)32-21(25-15)27-20(28)18-19(30-22(27)31)16(29-3)6-7-24-18/h4-11H,1-3H3. The van der Waals surface area contributed by atoms with Crippen LogP contribution in [0.1, 0.15) is 5.56 Å². The number of hydrogen-bond acceptors (Lipinski definition) is 9. The predicted molar refractivity (Wildman–Crippen MR) is 127 cm³/mol. The monoisotopic (exact) mass is 463 g/mol. The summed E-state index contributed by atoms with van der Waals surface area (Å²) in [7, 11) is 3.47. The van der Waals surface area contributed by atoms with Crippen LogP contribution in [0.2, 0.25) is 0 Å². The molecule has 5 rings (SSSR count). The Bertz CT molecular complexity index is 1610. The molecule has 0 N–H and O–H groups in total. The number of rotatable bonds is 4. The van der Waals surface area contributed by atoms with Crippen molar-refractivity contribution in [2.45, 2.75) is 6.92 Å². The highest BCUT2D eigenvalue weighted by atomic mass is 32.1. The first-order valence-corrected chi connectivity index (χ1v) is 10.8. The molecular weight excluding hydrogens is 446 g/mol. The van der Waals surface area contributed by atoms with E-state index in [-0.39, 0.29) is 15.9 Å². The molecule has 0 aliphatic rings. The summed E-state index contributed by atoms with van der Waals surface area (Å²) in [6.45, 7) is 2.01. The highest BCUT2D eigenvalue weighted by molar-refractivity contribution is 7.71. The lowest BCUT2D eigenvalue weighted by molar-refractivity contribution is 0.404. The Morgan fingerprint density at radius 3 is 2.81 bits per heavy atom. The first kappa shape index (κ1) is 20.3. The summed E-state index contributed by atoms with van der Waals surface area (Å²) in [6, 6.07) is 9.59. The van der Waals surface area contributed by atoms with Crippen LogP contribution in [0.3, 0.4) is 0 Å². The van der Waals surface area contributed by atoms with Gasteiger partial charge in [-0.05, 0) is 49.0 Å². The van der Waals surface area contributed by atoms with Gasteiger partial charge in [-0.15, -0.1) is 0 Å². The zero-order valence-electron chi connectivity index (χ0n) is 17.4. The number of anilines is 2. The molecule has 160 valence electrons. The van der Waals surface area contributed by atoms with Gasteiger partial charge >= 0.3 is 0 Å². The summed E-state index contributed by atoms with van der Waals surface area (Å²) in [5.74, 6) is 0.396. The lowest BCUT2D eigenvalue weighted by atomic mass is 10.2. The minimum atomic E-state index is -0.405. The summed E-state index contributed by atoms with van der Waals surface area (Å²) in [5, 5.41) is 0.419. The lowest BCUT2D eigenvalue weighted by Crippen LogP contribution is -2.20. The molecule has 0 spiro atoms. The predicted octanol–water partition coefficient (Wildman–Crippen LogP) is 4.80. The molecule has 0 unspecified atom stereocenters. The van der Waals surface area contributed by atoms with Gasteiger partial charge in [-0.2, -0.15) is 0 Å². The molecule has 0 saturated heterocycles. The highest BCUT2D eigenvalue weighted by Gasteiger charge is 2.17. The number of nitrogens with zero attached hydrogens (tertiary/aromatic N) is 5. The number of hydrogen-bond donors (Lipinski definition) is 0. The number of benzene rings is 1. The van der Waals surface area contributed by atoms with Crippen molar-refractivity contribution in [1.82, 2.24) is 19.5 Å². The van der Waals surface area contributed by atoms with Gasteiger partial charge in [0.05, 0.1) is 29.2 Å². The molecule has 0 saturated carbocycles. The molecule has 8 nitrogen and oxygen atoms in total. The van der Waals surface area contributed by atoms with E-state index in [0.29, 0.717) is 10.9 Å². The smallest absolute Gasteiger partial charge is 0.290 e. The fourth-order valence-electron chi connectivity index (χ4n) is 3.41. The number of aromatic nitrogens is 4. The Labute approximate surface area is 191 Å². The van der Waals surface area contributed by atoms with E-state index in [1.54, 1.807) is 6.07 Å². The van der Waals surface area contributed by atoms with Gasteiger partial charge in [0.25, 0.3) is 10.4 Å². The molecular formula is C22H17N5O3S2. The maximum Gasteiger partial charge on any atom is 0.290 e. The Kier molecular flexibility index (Phi) is 4.95. The van der Waals surface area contributed by atoms with Crippen molar-refractivity contribution in [3.8, 4) is 10.9 Å². The van der Waals surface area contributed by atoms with E-state index in [2.05, 4.69) is 21.0 Å². The van der Waals surface area contributed by atoms with Gasteiger partial charge in [0, 0.05) is 31.2 Å². The topological polar surface area (TPSA) is 86.3 Å². The SMILES string of the molecule is COc1ccnc2c(=O)n(-c3nc4ccc(N(C)c5cncc(C)c5)cc4s3)c(=S)oc12. The van der Waals surface area contributed by atoms with Crippen molar-refractivity contribution in [1.29, 1.82) is 0 Å². The first-order chi connectivity index (χ1) is 15.5. The molecule has 32 heavy (non-hydrogen) atoms. The van der Waals surface area contributed by atoms with Gasteiger partial charge in [0.1, 0.15) is 0 Å². The van der Waals surface area contributed by atoms with Crippen molar-refractivity contribution >= 4 is 56.2 Å². The number of thiazole rings is 1. The van der Waals surface area contributed by atoms with E-state index >= 15 is 0 Å². The Morgan fingerprint density at radius 1 is 1.19 bits per heavy atom. The van der Waals surface area contributed by atoms with Crippen molar-refractivity contribution < 1.29 is 9.15 Å². The second-order valence-corrected chi connectivity index (χ2v) is 8.49. The molecule has 4 aromatic heterocycles. The fraction of sp³-hybridized carbons (Fsp3) is 0.136. The molecule has 0 fully saturated rings. The normalized spacial score (nSPS) is 11.2. The molecule has 5 aromatic rings. The number of aryl methyl sites for hydroxylation is 1. The molecule has 1 aromatic carbocycles. The van der Waals surface area contributed by atoms with Crippen LogP contribution in [-0.2, 0) is 0 Å². The molecule has 10 heteroatoms. The number of ether oxygens (including phenoxy) is 1. The zero-order valence-corrected chi connectivity index (χ0v) is 19.0. The average Bonchev–Trinajstić information content (AvgIpc) is 3.21. The van der Waals surface area contributed by atoms with Crippen LogP contribution in [-0.4, -0.2) is 33.7 Å². The third kappa shape index (κ3) is 3.33. The van der Waals surface area contributed by atoms with Gasteiger partial charge in [0.15, 0.2) is 11.3 Å². The fourth-order valence-corrected chi connectivity index (χ4v) is 4.71. The maximum absolute atomic E-state index is 13.2. The first-order valence-electron chi connectivity index (χ1n) is 9.61. The highest BCUT2D eigenvalue weighted by Crippen LogP contribution is 2.32. The largest absolute Gasteiger partial charge is 0.493 e. The third-order valence-electron chi connectivity index (χ3n) is 5.05. The molecule has 0 atom stereocenters. The number of pyridine rings is 2. The minimum absolute atomic E-state index is 0.0176. The van der Waals surface area contributed by atoms with Crippen LogP contribution in [0, 0.1) is 11.8 Å². The Hall–Kier alpha value is -3.63. The van der Waals surface area contributed by atoms with E-state index in [0.717, 1.165) is 27.2 Å².